The summed E-state index contributed by atoms with van der Waals surface area (Å²) in [5.41, 5.74) is 1.79. The number of hydrogen-bond donors (Lipinski definition) is 5. The highest BCUT2D eigenvalue weighted by molar-refractivity contribution is 5.94. The third kappa shape index (κ3) is 4.58. The van der Waals surface area contributed by atoms with Crippen LogP contribution in [0.1, 0.15) is 27.6 Å². The highest BCUT2D eigenvalue weighted by Crippen LogP contribution is 2.35. The van der Waals surface area contributed by atoms with Crippen LogP contribution < -0.4 is 10.1 Å². The number of carbonyl (C=O) groups is 1. The smallest absolute Gasteiger partial charge is 0.251 e. The Morgan fingerprint density at radius 2 is 1.83 bits per heavy atom. The fourth-order valence-corrected chi connectivity index (χ4v) is 3.36. The third-order valence-corrected chi connectivity index (χ3v) is 4.85. The van der Waals surface area contributed by atoms with E-state index in [1.54, 1.807) is 49.5 Å². The van der Waals surface area contributed by atoms with Gasteiger partial charge >= 0.3 is 0 Å². The number of aliphatic hydroxyl groups is 4. The second-order valence-electron chi connectivity index (χ2n) is 7.04. The summed E-state index contributed by atoms with van der Waals surface area (Å²) >= 11 is 0. The lowest BCUT2D eigenvalue weighted by atomic mass is 9.90. The highest BCUT2D eigenvalue weighted by Gasteiger charge is 2.44. The summed E-state index contributed by atoms with van der Waals surface area (Å²) in [6, 6.07) is 11.9. The molecule has 0 saturated carbocycles. The largest absolute Gasteiger partial charge is 0.457 e. The van der Waals surface area contributed by atoms with Crippen LogP contribution in [0, 0.1) is 6.92 Å². The SMILES string of the molecule is CNC(=O)c1cccc(Oc2cc(C)cc([C@H]3OC(CO)[C@@H](O)C(O)C3O)c2)c1. The van der Waals surface area contributed by atoms with Gasteiger partial charge in [-0.2, -0.15) is 0 Å². The van der Waals surface area contributed by atoms with Crippen LogP contribution in [0.4, 0.5) is 0 Å². The standard InChI is InChI=1S/C21H25NO7/c1-11-6-13(20-19(26)18(25)17(24)16(10-23)29-20)9-15(7-11)28-14-5-3-4-12(8-14)21(27)22-2/h3-9,16-20,23-26H,10H2,1-2H3,(H,22,27)/t16?,17-,18?,19?,20-/m1/s1. The molecule has 2 aromatic carbocycles. The molecule has 0 bridgehead atoms. The van der Waals surface area contributed by atoms with Crippen molar-refractivity contribution < 1.29 is 34.7 Å². The van der Waals surface area contributed by atoms with Crippen LogP contribution in [-0.4, -0.2) is 64.4 Å². The van der Waals surface area contributed by atoms with Crippen LogP contribution in [0.5, 0.6) is 11.5 Å². The molecule has 5 N–H and O–H groups in total. The van der Waals surface area contributed by atoms with Crippen LogP contribution in [0.25, 0.3) is 0 Å². The van der Waals surface area contributed by atoms with Gasteiger partial charge in [0.05, 0.1) is 6.61 Å². The molecule has 0 aromatic heterocycles. The van der Waals surface area contributed by atoms with Gasteiger partial charge in [-0.1, -0.05) is 12.1 Å². The Morgan fingerprint density at radius 3 is 2.52 bits per heavy atom. The average Bonchev–Trinajstić information content (AvgIpc) is 2.71. The topological polar surface area (TPSA) is 128 Å². The zero-order chi connectivity index (χ0) is 21.1. The van der Waals surface area contributed by atoms with E-state index in [9.17, 15) is 25.2 Å². The van der Waals surface area contributed by atoms with Crippen LogP contribution in [0.3, 0.4) is 0 Å². The third-order valence-electron chi connectivity index (χ3n) is 4.85. The van der Waals surface area contributed by atoms with E-state index >= 15 is 0 Å². The first-order valence-electron chi connectivity index (χ1n) is 9.26. The molecule has 3 rings (SSSR count). The molecule has 1 saturated heterocycles. The van der Waals surface area contributed by atoms with E-state index < -0.39 is 37.1 Å². The molecule has 0 radical (unpaired) electrons. The second kappa shape index (κ2) is 8.89. The first-order valence-corrected chi connectivity index (χ1v) is 9.26. The number of benzene rings is 2. The molecule has 29 heavy (non-hydrogen) atoms. The summed E-state index contributed by atoms with van der Waals surface area (Å²) in [5.74, 6) is 0.671. The fourth-order valence-electron chi connectivity index (χ4n) is 3.36. The van der Waals surface area contributed by atoms with Gasteiger partial charge in [0.15, 0.2) is 0 Å². The molecule has 1 aliphatic heterocycles. The van der Waals surface area contributed by atoms with Crippen molar-refractivity contribution in [3.05, 3.63) is 59.2 Å². The molecule has 1 heterocycles. The minimum Gasteiger partial charge on any atom is -0.457 e. The normalized spacial score (nSPS) is 26.8. The lowest BCUT2D eigenvalue weighted by molar-refractivity contribution is -0.231. The molecular weight excluding hydrogens is 378 g/mol. The lowest BCUT2D eigenvalue weighted by Gasteiger charge is -2.40. The van der Waals surface area contributed by atoms with Crippen LogP contribution in [0.15, 0.2) is 42.5 Å². The zero-order valence-corrected chi connectivity index (χ0v) is 16.1. The van der Waals surface area contributed by atoms with Gasteiger partial charge in [0.2, 0.25) is 0 Å². The molecule has 0 spiro atoms. The molecule has 8 heteroatoms. The minimum atomic E-state index is -1.46. The van der Waals surface area contributed by atoms with E-state index in [0.717, 1.165) is 5.56 Å². The number of amides is 1. The Labute approximate surface area is 168 Å². The molecule has 2 aromatic rings. The van der Waals surface area contributed by atoms with Gasteiger partial charge in [-0.3, -0.25) is 4.79 Å². The number of rotatable bonds is 5. The predicted molar refractivity (Wildman–Crippen MR) is 104 cm³/mol. The van der Waals surface area contributed by atoms with Gasteiger partial charge in [-0.05, 0) is 48.4 Å². The summed E-state index contributed by atoms with van der Waals surface area (Å²) < 4.78 is 11.5. The van der Waals surface area contributed by atoms with E-state index in [-0.39, 0.29) is 5.91 Å². The molecule has 1 aliphatic rings. The molecule has 1 amide bonds. The lowest BCUT2D eigenvalue weighted by Crippen LogP contribution is -2.55. The van der Waals surface area contributed by atoms with Crippen molar-refractivity contribution in [2.45, 2.75) is 37.4 Å². The molecule has 8 nitrogen and oxygen atoms in total. The Balaban J connectivity index is 1.88. The van der Waals surface area contributed by atoms with Crippen molar-refractivity contribution >= 4 is 5.91 Å². The Kier molecular flexibility index (Phi) is 6.51. The number of nitrogens with one attached hydrogen (secondary N) is 1. The quantitative estimate of drug-likeness (QED) is 0.496. The highest BCUT2D eigenvalue weighted by atomic mass is 16.5. The van der Waals surface area contributed by atoms with Gasteiger partial charge in [0.1, 0.15) is 42.0 Å². The number of aryl methyl sites for hydroxylation is 1. The van der Waals surface area contributed by atoms with E-state index in [2.05, 4.69) is 5.32 Å². The predicted octanol–water partition coefficient (Wildman–Crippen LogP) is 0.662. The van der Waals surface area contributed by atoms with E-state index in [1.807, 2.05) is 6.92 Å². The van der Waals surface area contributed by atoms with Gasteiger partial charge in [0.25, 0.3) is 5.91 Å². The van der Waals surface area contributed by atoms with Crippen molar-refractivity contribution in [1.82, 2.24) is 5.32 Å². The van der Waals surface area contributed by atoms with E-state index in [4.69, 9.17) is 9.47 Å². The van der Waals surface area contributed by atoms with E-state index in [1.165, 1.54) is 0 Å². The minimum absolute atomic E-state index is 0.235. The number of carbonyl (C=O) groups excluding carboxylic acids is 1. The van der Waals surface area contributed by atoms with Gasteiger partial charge in [0, 0.05) is 12.6 Å². The maximum atomic E-state index is 11.8. The molecule has 156 valence electrons. The second-order valence-corrected chi connectivity index (χ2v) is 7.04. The fraction of sp³-hybridized carbons (Fsp3) is 0.381. The van der Waals surface area contributed by atoms with Crippen LogP contribution in [-0.2, 0) is 4.74 Å². The summed E-state index contributed by atoms with van der Waals surface area (Å²) in [4.78, 5) is 11.8. The monoisotopic (exact) mass is 403 g/mol. The van der Waals surface area contributed by atoms with Crippen molar-refractivity contribution in [2.75, 3.05) is 13.7 Å². The van der Waals surface area contributed by atoms with Crippen molar-refractivity contribution in [2.24, 2.45) is 0 Å². The summed E-state index contributed by atoms with van der Waals surface area (Å²) in [5, 5.41) is 42.3. The Bertz CT molecular complexity index is 870. The molecule has 0 aliphatic carbocycles. The summed E-state index contributed by atoms with van der Waals surface area (Å²) in [6.07, 6.45) is -6.20. The van der Waals surface area contributed by atoms with Crippen molar-refractivity contribution in [1.29, 1.82) is 0 Å². The van der Waals surface area contributed by atoms with Gasteiger partial charge < -0.3 is 35.2 Å². The first kappa shape index (κ1) is 21.2. The van der Waals surface area contributed by atoms with Gasteiger partial charge in [-0.25, -0.2) is 0 Å². The molecular formula is C21H25NO7. The summed E-state index contributed by atoms with van der Waals surface area (Å²) in [7, 11) is 1.54. The number of aliphatic hydroxyl groups excluding tert-OH is 4. The zero-order valence-electron chi connectivity index (χ0n) is 16.1. The van der Waals surface area contributed by atoms with Crippen LogP contribution in [0.2, 0.25) is 0 Å². The summed E-state index contributed by atoms with van der Waals surface area (Å²) in [6.45, 7) is 1.34. The van der Waals surface area contributed by atoms with E-state index in [0.29, 0.717) is 22.6 Å². The molecule has 3 unspecified atom stereocenters. The number of hydrogen-bond acceptors (Lipinski definition) is 7. The molecule has 1 fully saturated rings. The Hall–Kier alpha value is -2.49. The molecule has 5 atom stereocenters. The first-order chi connectivity index (χ1) is 13.8. The number of ether oxygens (including phenoxy) is 2. The van der Waals surface area contributed by atoms with Crippen molar-refractivity contribution in [3.8, 4) is 11.5 Å². The van der Waals surface area contributed by atoms with Crippen molar-refractivity contribution in [3.63, 3.8) is 0 Å². The van der Waals surface area contributed by atoms with Crippen LogP contribution >= 0.6 is 0 Å². The maximum absolute atomic E-state index is 11.8. The van der Waals surface area contributed by atoms with Gasteiger partial charge in [-0.15, -0.1) is 0 Å². The Morgan fingerprint density at radius 1 is 1.07 bits per heavy atom. The maximum Gasteiger partial charge on any atom is 0.251 e. The average molecular weight is 403 g/mol.